The van der Waals surface area contributed by atoms with Gasteiger partial charge in [-0.3, -0.25) is 4.79 Å². The van der Waals surface area contributed by atoms with Crippen molar-refractivity contribution in [2.24, 2.45) is 0 Å². The first-order chi connectivity index (χ1) is 9.76. The molecule has 0 aliphatic carbocycles. The van der Waals surface area contributed by atoms with Crippen molar-refractivity contribution in [2.75, 3.05) is 39.2 Å². The second kappa shape index (κ2) is 10.2. The van der Waals surface area contributed by atoms with Gasteiger partial charge in [-0.1, -0.05) is 6.07 Å². The highest BCUT2D eigenvalue weighted by atomic mass is 16.5. The van der Waals surface area contributed by atoms with Crippen LogP contribution in [0.4, 0.5) is 5.69 Å². The van der Waals surface area contributed by atoms with Crippen molar-refractivity contribution in [3.8, 4) is 5.75 Å². The third-order valence-electron chi connectivity index (χ3n) is 2.71. The van der Waals surface area contributed by atoms with E-state index in [-0.39, 0.29) is 5.91 Å². The number of amides is 1. The van der Waals surface area contributed by atoms with E-state index >= 15 is 0 Å². The Balaban J connectivity index is 2.36. The van der Waals surface area contributed by atoms with Crippen molar-refractivity contribution in [1.29, 1.82) is 0 Å². The van der Waals surface area contributed by atoms with Crippen molar-refractivity contribution < 1.29 is 14.3 Å². The number of methoxy groups -OCH3 is 1. The van der Waals surface area contributed by atoms with Crippen molar-refractivity contribution >= 4 is 11.6 Å². The van der Waals surface area contributed by atoms with Crippen molar-refractivity contribution in [1.82, 2.24) is 5.32 Å². The highest BCUT2D eigenvalue weighted by Gasteiger charge is 2.03. The van der Waals surface area contributed by atoms with Crippen LogP contribution in [-0.4, -0.2) is 39.8 Å². The summed E-state index contributed by atoms with van der Waals surface area (Å²) in [6.45, 7) is 2.13. The Morgan fingerprint density at radius 3 is 2.85 bits per heavy atom. The molecule has 1 rings (SSSR count). The Hall–Kier alpha value is -1.59. The van der Waals surface area contributed by atoms with Crippen LogP contribution in [0.3, 0.4) is 0 Å². The molecule has 0 saturated carbocycles. The Labute approximate surface area is 120 Å². The summed E-state index contributed by atoms with van der Waals surface area (Å²) in [6, 6.07) is 7.44. The predicted octanol–water partition coefficient (Wildman–Crippen LogP) is 2.04. The van der Waals surface area contributed by atoms with Crippen LogP contribution in [0, 0.1) is 0 Å². The van der Waals surface area contributed by atoms with Crippen molar-refractivity contribution in [3.63, 3.8) is 0 Å². The van der Waals surface area contributed by atoms with Gasteiger partial charge in [-0.25, -0.2) is 0 Å². The van der Waals surface area contributed by atoms with E-state index in [1.807, 2.05) is 31.3 Å². The molecule has 2 N–H and O–H groups in total. The number of ether oxygens (including phenoxy) is 2. The maximum atomic E-state index is 11.7. The molecular weight excluding hydrogens is 256 g/mol. The van der Waals surface area contributed by atoms with E-state index in [0.717, 1.165) is 30.8 Å². The van der Waals surface area contributed by atoms with E-state index in [2.05, 4.69) is 10.6 Å². The maximum Gasteiger partial charge on any atom is 0.224 e. The topological polar surface area (TPSA) is 59.6 Å². The number of carbonyl (C=O) groups is 1. The number of hydrogen-bond acceptors (Lipinski definition) is 4. The van der Waals surface area contributed by atoms with E-state index in [0.29, 0.717) is 19.6 Å². The molecule has 5 nitrogen and oxygen atoms in total. The first-order valence-electron chi connectivity index (χ1n) is 6.92. The number of benzene rings is 1. The largest absolute Gasteiger partial charge is 0.493 e. The molecule has 0 heterocycles. The molecule has 0 spiro atoms. The molecule has 1 aromatic carbocycles. The number of anilines is 1. The molecular formula is C15H24N2O3. The summed E-state index contributed by atoms with van der Waals surface area (Å²) in [5, 5.41) is 5.89. The van der Waals surface area contributed by atoms with E-state index in [4.69, 9.17) is 9.47 Å². The Kier molecular flexibility index (Phi) is 8.42. The van der Waals surface area contributed by atoms with E-state index in [1.165, 1.54) is 0 Å². The summed E-state index contributed by atoms with van der Waals surface area (Å²) >= 11 is 0. The summed E-state index contributed by atoms with van der Waals surface area (Å²) in [5.74, 6) is 0.783. The monoisotopic (exact) mass is 280 g/mol. The number of nitrogens with one attached hydrogen (secondary N) is 2. The Bertz CT molecular complexity index is 396. The lowest BCUT2D eigenvalue weighted by molar-refractivity contribution is -0.116. The molecule has 112 valence electrons. The zero-order valence-corrected chi connectivity index (χ0v) is 12.3. The second-order valence-corrected chi connectivity index (χ2v) is 4.48. The molecule has 0 unspecified atom stereocenters. The minimum Gasteiger partial charge on any atom is -0.493 e. The summed E-state index contributed by atoms with van der Waals surface area (Å²) in [4.78, 5) is 11.7. The van der Waals surface area contributed by atoms with Gasteiger partial charge in [0.2, 0.25) is 5.91 Å². The second-order valence-electron chi connectivity index (χ2n) is 4.48. The smallest absolute Gasteiger partial charge is 0.224 e. The van der Waals surface area contributed by atoms with E-state index in [9.17, 15) is 4.79 Å². The average Bonchev–Trinajstić information content (AvgIpc) is 2.44. The van der Waals surface area contributed by atoms with Crippen LogP contribution < -0.4 is 15.4 Å². The third kappa shape index (κ3) is 7.11. The molecule has 1 aromatic rings. The SMILES string of the molecule is CNCCCC(=O)Nc1cccc(OCCCOC)c1. The van der Waals surface area contributed by atoms with Crippen molar-refractivity contribution in [2.45, 2.75) is 19.3 Å². The maximum absolute atomic E-state index is 11.7. The summed E-state index contributed by atoms with van der Waals surface area (Å²) < 4.78 is 10.5. The molecule has 20 heavy (non-hydrogen) atoms. The zero-order valence-electron chi connectivity index (χ0n) is 12.3. The molecule has 0 aliphatic heterocycles. The van der Waals surface area contributed by atoms with Crippen LogP contribution in [0.15, 0.2) is 24.3 Å². The molecule has 1 amide bonds. The van der Waals surface area contributed by atoms with Gasteiger partial charge in [0, 0.05) is 38.3 Å². The van der Waals surface area contributed by atoms with Gasteiger partial charge in [-0.05, 0) is 32.1 Å². The molecule has 0 saturated heterocycles. The average molecular weight is 280 g/mol. The quantitative estimate of drug-likeness (QED) is 0.644. The first-order valence-corrected chi connectivity index (χ1v) is 6.92. The summed E-state index contributed by atoms with van der Waals surface area (Å²) in [5.41, 5.74) is 0.767. The lowest BCUT2D eigenvalue weighted by Crippen LogP contribution is -2.15. The van der Waals surface area contributed by atoms with Crippen molar-refractivity contribution in [3.05, 3.63) is 24.3 Å². The van der Waals surface area contributed by atoms with Gasteiger partial charge in [0.1, 0.15) is 5.75 Å². The van der Waals surface area contributed by atoms with Gasteiger partial charge in [-0.2, -0.15) is 0 Å². The fourth-order valence-electron chi connectivity index (χ4n) is 1.71. The molecule has 0 aliphatic rings. The Morgan fingerprint density at radius 2 is 2.10 bits per heavy atom. The number of hydrogen-bond donors (Lipinski definition) is 2. The van der Waals surface area contributed by atoms with E-state index in [1.54, 1.807) is 7.11 Å². The normalized spacial score (nSPS) is 10.3. The van der Waals surface area contributed by atoms with Crippen LogP contribution in [-0.2, 0) is 9.53 Å². The minimum atomic E-state index is 0.0248. The van der Waals surface area contributed by atoms with Crippen LogP contribution in [0.2, 0.25) is 0 Å². The number of rotatable bonds is 10. The summed E-state index contributed by atoms with van der Waals surface area (Å²) in [6.07, 6.45) is 2.19. The van der Waals surface area contributed by atoms with Gasteiger partial charge in [0.15, 0.2) is 0 Å². The van der Waals surface area contributed by atoms with Gasteiger partial charge < -0.3 is 20.1 Å². The van der Waals surface area contributed by atoms with Crippen LogP contribution in [0.25, 0.3) is 0 Å². The standard InChI is InChI=1S/C15H24N2O3/c1-16-9-4-8-15(18)17-13-6-3-7-14(12-13)20-11-5-10-19-2/h3,6-7,12,16H,4-5,8-11H2,1-2H3,(H,17,18). The lowest BCUT2D eigenvalue weighted by Gasteiger charge is -2.09. The molecule has 0 fully saturated rings. The molecule has 0 atom stereocenters. The number of carbonyl (C=O) groups excluding carboxylic acids is 1. The molecule has 5 heteroatoms. The zero-order chi connectivity index (χ0) is 14.6. The predicted molar refractivity (Wildman–Crippen MR) is 80.2 cm³/mol. The highest BCUT2D eigenvalue weighted by molar-refractivity contribution is 5.90. The highest BCUT2D eigenvalue weighted by Crippen LogP contribution is 2.17. The molecule has 0 aromatic heterocycles. The van der Waals surface area contributed by atoms with Crippen LogP contribution in [0.1, 0.15) is 19.3 Å². The fourth-order valence-corrected chi connectivity index (χ4v) is 1.71. The van der Waals surface area contributed by atoms with Crippen LogP contribution in [0.5, 0.6) is 5.75 Å². The lowest BCUT2D eigenvalue weighted by atomic mass is 10.2. The van der Waals surface area contributed by atoms with Gasteiger partial charge in [0.05, 0.1) is 6.61 Å². The molecule has 0 radical (unpaired) electrons. The van der Waals surface area contributed by atoms with E-state index < -0.39 is 0 Å². The minimum absolute atomic E-state index is 0.0248. The fraction of sp³-hybridized carbons (Fsp3) is 0.533. The van der Waals surface area contributed by atoms with Crippen LogP contribution >= 0.6 is 0 Å². The summed E-state index contributed by atoms with van der Waals surface area (Å²) in [7, 11) is 3.55. The Morgan fingerprint density at radius 1 is 1.25 bits per heavy atom. The van der Waals surface area contributed by atoms with Gasteiger partial charge in [0.25, 0.3) is 0 Å². The first kappa shape index (κ1) is 16.5. The van der Waals surface area contributed by atoms with Gasteiger partial charge >= 0.3 is 0 Å². The third-order valence-corrected chi connectivity index (χ3v) is 2.71. The van der Waals surface area contributed by atoms with Gasteiger partial charge in [-0.15, -0.1) is 0 Å². The molecule has 0 bridgehead atoms.